The third kappa shape index (κ3) is 3.53. The minimum absolute atomic E-state index is 0.148. The first kappa shape index (κ1) is 20.2. The van der Waals surface area contributed by atoms with E-state index in [1.165, 1.54) is 11.1 Å². The van der Waals surface area contributed by atoms with Crippen LogP contribution < -0.4 is 0 Å². The first-order chi connectivity index (χ1) is 14.8. The Morgan fingerprint density at radius 2 is 1.87 bits per heavy atom. The molecule has 154 valence electrons. The van der Waals surface area contributed by atoms with Crippen LogP contribution in [0.4, 0.5) is 4.39 Å². The van der Waals surface area contributed by atoms with E-state index in [2.05, 4.69) is 16.0 Å². The van der Waals surface area contributed by atoms with E-state index in [9.17, 15) is 14.4 Å². The van der Waals surface area contributed by atoms with Gasteiger partial charge in [-0.1, -0.05) is 12.1 Å². The number of carbonyl (C=O) groups is 1. The van der Waals surface area contributed by atoms with E-state index in [1.807, 2.05) is 13.8 Å². The van der Waals surface area contributed by atoms with E-state index in [-0.39, 0.29) is 17.1 Å². The number of carbonyl (C=O) groups excluding carboxylic acids is 1. The van der Waals surface area contributed by atoms with Crippen LogP contribution in [0.15, 0.2) is 47.1 Å². The van der Waals surface area contributed by atoms with Crippen LogP contribution in [0.3, 0.4) is 0 Å². The number of hydrogen-bond acceptors (Lipinski definition) is 5. The molecule has 3 heterocycles. The molecule has 0 fully saturated rings. The summed E-state index contributed by atoms with van der Waals surface area (Å²) >= 11 is 0. The molecule has 0 radical (unpaired) electrons. The lowest BCUT2D eigenvalue weighted by atomic mass is 10.00. The monoisotopic (exact) mass is 414 g/mol. The lowest BCUT2D eigenvalue weighted by molar-refractivity contribution is 0.0827. The van der Waals surface area contributed by atoms with Crippen molar-refractivity contribution in [2.75, 3.05) is 14.1 Å². The number of hydrogen-bond donors (Lipinski definition) is 0. The van der Waals surface area contributed by atoms with Crippen LogP contribution >= 0.6 is 0 Å². The van der Waals surface area contributed by atoms with Crippen molar-refractivity contribution in [2.45, 2.75) is 13.8 Å². The molecule has 0 aliphatic carbocycles. The molecule has 0 N–H and O–H groups in total. The predicted octanol–water partition coefficient (Wildman–Crippen LogP) is 4.89. The van der Waals surface area contributed by atoms with Gasteiger partial charge in [0.15, 0.2) is 17.2 Å². The minimum Gasteiger partial charge on any atom is -0.452 e. The lowest BCUT2D eigenvalue weighted by Gasteiger charge is -2.11. The SMILES string of the molecule is Cc1ccc(-c2c(F)cnc3cc(-c4ncc(C(=O)N(C)C)cc4C)oc23)cc1C#N. The number of nitriles is 1. The summed E-state index contributed by atoms with van der Waals surface area (Å²) in [5.74, 6) is -0.272. The third-order valence-corrected chi connectivity index (χ3v) is 5.11. The number of halogens is 1. The van der Waals surface area contributed by atoms with Crippen LogP contribution in [0.1, 0.15) is 27.0 Å². The van der Waals surface area contributed by atoms with Gasteiger partial charge in [0.25, 0.3) is 5.91 Å². The van der Waals surface area contributed by atoms with Crippen LogP contribution in [0.5, 0.6) is 0 Å². The van der Waals surface area contributed by atoms with Gasteiger partial charge in [0.2, 0.25) is 0 Å². The molecule has 0 unspecified atom stereocenters. The smallest absolute Gasteiger partial charge is 0.254 e. The molecule has 0 atom stereocenters. The average Bonchev–Trinajstić information content (AvgIpc) is 3.17. The molecule has 1 aromatic carbocycles. The highest BCUT2D eigenvalue weighted by molar-refractivity contribution is 5.95. The Morgan fingerprint density at radius 1 is 1.10 bits per heavy atom. The van der Waals surface area contributed by atoms with Crippen LogP contribution in [0.25, 0.3) is 33.7 Å². The Balaban J connectivity index is 1.86. The molecule has 0 spiro atoms. The lowest BCUT2D eigenvalue weighted by Crippen LogP contribution is -2.21. The highest BCUT2D eigenvalue weighted by Crippen LogP contribution is 2.36. The van der Waals surface area contributed by atoms with Gasteiger partial charge in [-0.15, -0.1) is 0 Å². The molecule has 6 nitrogen and oxygen atoms in total. The van der Waals surface area contributed by atoms with Crippen molar-refractivity contribution >= 4 is 17.0 Å². The largest absolute Gasteiger partial charge is 0.452 e. The number of aryl methyl sites for hydroxylation is 2. The zero-order chi connectivity index (χ0) is 22.3. The molecule has 3 aromatic heterocycles. The van der Waals surface area contributed by atoms with Crippen molar-refractivity contribution < 1.29 is 13.6 Å². The van der Waals surface area contributed by atoms with Crippen molar-refractivity contribution in [1.29, 1.82) is 5.26 Å². The fourth-order valence-corrected chi connectivity index (χ4v) is 3.45. The summed E-state index contributed by atoms with van der Waals surface area (Å²) in [5.41, 5.74) is 4.55. The van der Waals surface area contributed by atoms with Gasteiger partial charge < -0.3 is 9.32 Å². The Kier molecular flexibility index (Phi) is 4.99. The molecule has 4 aromatic rings. The Labute approximate surface area is 178 Å². The molecule has 1 amide bonds. The topological polar surface area (TPSA) is 83.0 Å². The maximum absolute atomic E-state index is 14.8. The Morgan fingerprint density at radius 3 is 2.55 bits per heavy atom. The van der Waals surface area contributed by atoms with Gasteiger partial charge in [-0.3, -0.25) is 9.78 Å². The second kappa shape index (κ2) is 7.65. The van der Waals surface area contributed by atoms with Crippen LogP contribution in [0.2, 0.25) is 0 Å². The van der Waals surface area contributed by atoms with E-state index in [1.54, 1.807) is 44.4 Å². The summed E-state index contributed by atoms with van der Waals surface area (Å²) in [5, 5.41) is 9.34. The Bertz CT molecular complexity index is 1380. The highest BCUT2D eigenvalue weighted by atomic mass is 19.1. The van der Waals surface area contributed by atoms with Gasteiger partial charge in [-0.25, -0.2) is 9.37 Å². The summed E-state index contributed by atoms with van der Waals surface area (Å²) in [6.07, 6.45) is 2.63. The molecular formula is C24H19FN4O2. The van der Waals surface area contributed by atoms with Crippen molar-refractivity contribution in [3.05, 3.63) is 70.8 Å². The maximum Gasteiger partial charge on any atom is 0.254 e. The molecule has 0 saturated heterocycles. The second-order valence-electron chi connectivity index (χ2n) is 7.54. The summed E-state index contributed by atoms with van der Waals surface area (Å²) in [7, 11) is 3.35. The normalized spacial score (nSPS) is 10.8. The molecule has 0 aliphatic rings. The zero-order valence-corrected chi connectivity index (χ0v) is 17.5. The first-order valence-electron chi connectivity index (χ1n) is 9.58. The summed E-state index contributed by atoms with van der Waals surface area (Å²) in [6, 6.07) is 10.7. The summed E-state index contributed by atoms with van der Waals surface area (Å²) in [4.78, 5) is 22.2. The van der Waals surface area contributed by atoms with Gasteiger partial charge in [-0.2, -0.15) is 5.26 Å². The van der Waals surface area contributed by atoms with Gasteiger partial charge in [0, 0.05) is 26.4 Å². The summed E-state index contributed by atoms with van der Waals surface area (Å²) < 4.78 is 20.8. The second-order valence-corrected chi connectivity index (χ2v) is 7.54. The first-order valence-corrected chi connectivity index (χ1v) is 9.58. The number of rotatable bonds is 3. The van der Waals surface area contributed by atoms with Gasteiger partial charge in [0.05, 0.1) is 29.0 Å². The average molecular weight is 414 g/mol. The number of benzene rings is 1. The number of fused-ring (bicyclic) bond motifs is 1. The van der Waals surface area contributed by atoms with Crippen LogP contribution in [0, 0.1) is 31.0 Å². The van der Waals surface area contributed by atoms with E-state index in [0.717, 1.165) is 17.3 Å². The number of furan rings is 1. The van der Waals surface area contributed by atoms with E-state index >= 15 is 0 Å². The Hall–Kier alpha value is -4.05. The van der Waals surface area contributed by atoms with Crippen LogP contribution in [-0.2, 0) is 0 Å². The fraction of sp³-hybridized carbons (Fsp3) is 0.167. The van der Waals surface area contributed by atoms with Gasteiger partial charge in [-0.05, 0) is 42.7 Å². The zero-order valence-electron chi connectivity index (χ0n) is 17.5. The third-order valence-electron chi connectivity index (χ3n) is 5.11. The van der Waals surface area contributed by atoms with Crippen molar-refractivity contribution in [3.63, 3.8) is 0 Å². The molecule has 31 heavy (non-hydrogen) atoms. The number of nitrogens with zero attached hydrogens (tertiary/aromatic N) is 4. The standard InChI is InChI=1S/C24H19FN4O2/c1-13-5-6-15(8-16(13)10-26)21-18(25)12-27-19-9-20(31-23(19)21)22-14(2)7-17(11-28-22)24(30)29(3)4/h5-9,11-12H,1-4H3. The predicted molar refractivity (Wildman–Crippen MR) is 115 cm³/mol. The number of pyridine rings is 2. The number of amides is 1. The van der Waals surface area contributed by atoms with Crippen LogP contribution in [-0.4, -0.2) is 34.9 Å². The van der Waals surface area contributed by atoms with E-state index in [4.69, 9.17) is 4.42 Å². The fourth-order valence-electron chi connectivity index (χ4n) is 3.45. The molecule has 7 heteroatoms. The van der Waals surface area contributed by atoms with E-state index in [0.29, 0.717) is 33.7 Å². The quantitative estimate of drug-likeness (QED) is 0.477. The summed E-state index contributed by atoms with van der Waals surface area (Å²) in [6.45, 7) is 3.65. The van der Waals surface area contributed by atoms with Crippen molar-refractivity contribution in [2.24, 2.45) is 0 Å². The maximum atomic E-state index is 14.8. The minimum atomic E-state index is -0.544. The number of aromatic nitrogens is 2. The van der Waals surface area contributed by atoms with Crippen molar-refractivity contribution in [1.82, 2.24) is 14.9 Å². The molecule has 0 bridgehead atoms. The van der Waals surface area contributed by atoms with Crippen molar-refractivity contribution in [3.8, 4) is 28.7 Å². The molecular weight excluding hydrogens is 395 g/mol. The highest BCUT2D eigenvalue weighted by Gasteiger charge is 2.20. The molecule has 0 aliphatic heterocycles. The molecule has 0 saturated carbocycles. The molecule has 4 rings (SSSR count). The van der Waals surface area contributed by atoms with Gasteiger partial charge in [0.1, 0.15) is 11.2 Å². The van der Waals surface area contributed by atoms with Gasteiger partial charge >= 0.3 is 0 Å². The van der Waals surface area contributed by atoms with E-state index < -0.39 is 5.82 Å².